The van der Waals surface area contributed by atoms with E-state index in [0.717, 1.165) is 21.3 Å². The second-order valence-electron chi connectivity index (χ2n) is 6.37. The highest BCUT2D eigenvalue weighted by atomic mass is 79.9. The van der Waals surface area contributed by atoms with E-state index < -0.39 is 0 Å². The lowest BCUT2D eigenvalue weighted by Crippen LogP contribution is -2.09. The van der Waals surface area contributed by atoms with Crippen molar-refractivity contribution < 1.29 is 9.53 Å². The molecule has 26 heavy (non-hydrogen) atoms. The summed E-state index contributed by atoms with van der Waals surface area (Å²) >= 11 is 3.48. The molecule has 0 aliphatic heterocycles. The van der Waals surface area contributed by atoms with Crippen LogP contribution in [0.3, 0.4) is 0 Å². The summed E-state index contributed by atoms with van der Waals surface area (Å²) in [5.74, 6) is 0.906. The molecule has 0 amide bonds. The molecule has 3 heteroatoms. The van der Waals surface area contributed by atoms with Crippen LogP contribution in [0.1, 0.15) is 39.4 Å². The summed E-state index contributed by atoms with van der Waals surface area (Å²) in [5.41, 5.74) is 4.21. The van der Waals surface area contributed by atoms with Crippen molar-refractivity contribution >= 4 is 21.7 Å². The highest BCUT2D eigenvalue weighted by molar-refractivity contribution is 9.10. The molecule has 2 nitrogen and oxygen atoms in total. The van der Waals surface area contributed by atoms with Crippen LogP contribution in [0.15, 0.2) is 77.3 Å². The van der Waals surface area contributed by atoms with Crippen molar-refractivity contribution in [2.45, 2.75) is 19.3 Å². The number of ether oxygens (including phenoxy) is 1. The smallest absolute Gasteiger partial charge is 0.163 e. The molecule has 0 aliphatic carbocycles. The monoisotopic (exact) mass is 408 g/mol. The Morgan fingerprint density at radius 1 is 0.885 bits per heavy atom. The van der Waals surface area contributed by atoms with Crippen molar-refractivity contribution in [2.75, 3.05) is 7.11 Å². The zero-order valence-electron chi connectivity index (χ0n) is 14.9. The lowest BCUT2D eigenvalue weighted by Gasteiger charge is -2.18. The molecule has 3 aromatic carbocycles. The summed E-state index contributed by atoms with van der Waals surface area (Å²) in [6.45, 7) is 2.07. The van der Waals surface area contributed by atoms with Crippen LogP contribution in [0.5, 0.6) is 5.75 Å². The van der Waals surface area contributed by atoms with Crippen LogP contribution in [-0.4, -0.2) is 12.9 Å². The predicted octanol–water partition coefficient (Wildman–Crippen LogP) is 6.17. The number of aryl methyl sites for hydroxylation is 1. The van der Waals surface area contributed by atoms with Gasteiger partial charge < -0.3 is 4.74 Å². The minimum absolute atomic E-state index is 0.0262. The Labute approximate surface area is 163 Å². The molecule has 132 valence electrons. The first-order valence-electron chi connectivity index (χ1n) is 8.56. The van der Waals surface area contributed by atoms with Crippen molar-refractivity contribution in [1.82, 2.24) is 0 Å². The van der Waals surface area contributed by atoms with E-state index in [9.17, 15) is 4.79 Å². The first kappa shape index (κ1) is 18.4. The summed E-state index contributed by atoms with van der Waals surface area (Å²) in [7, 11) is 1.62. The highest BCUT2D eigenvalue weighted by Gasteiger charge is 2.19. The molecular formula is C23H21BrO2. The Morgan fingerprint density at radius 2 is 1.42 bits per heavy atom. The standard InChI is InChI=1S/C23H21BrO2/c1-16-3-5-17(6-4-16)22(18-7-11-20(24)12-8-18)15-23(25)19-9-13-21(26-2)14-10-19/h3-14,22H,15H2,1-2H3. The van der Waals surface area contributed by atoms with Crippen LogP contribution >= 0.6 is 15.9 Å². The third-order valence-corrected chi connectivity index (χ3v) is 5.08. The number of hydrogen-bond acceptors (Lipinski definition) is 2. The number of rotatable bonds is 6. The van der Waals surface area contributed by atoms with Crippen LogP contribution < -0.4 is 4.74 Å². The number of carbonyl (C=O) groups excluding carboxylic acids is 1. The fraction of sp³-hybridized carbons (Fsp3) is 0.174. The van der Waals surface area contributed by atoms with E-state index in [1.165, 1.54) is 5.56 Å². The molecule has 0 aromatic heterocycles. The van der Waals surface area contributed by atoms with Gasteiger partial charge in [-0.05, 0) is 54.4 Å². The number of ketones is 1. The quantitative estimate of drug-likeness (QED) is 0.455. The summed E-state index contributed by atoms with van der Waals surface area (Å²) < 4.78 is 6.21. The lowest BCUT2D eigenvalue weighted by molar-refractivity contribution is 0.0977. The van der Waals surface area contributed by atoms with Crippen molar-refractivity contribution in [3.05, 3.63) is 99.5 Å². The molecular weight excluding hydrogens is 388 g/mol. The maximum atomic E-state index is 12.9. The van der Waals surface area contributed by atoms with Gasteiger partial charge in [-0.15, -0.1) is 0 Å². The zero-order valence-corrected chi connectivity index (χ0v) is 16.5. The third kappa shape index (κ3) is 4.41. The molecule has 0 saturated heterocycles. The SMILES string of the molecule is COc1ccc(C(=O)CC(c2ccc(C)cc2)c2ccc(Br)cc2)cc1. The van der Waals surface area contributed by atoms with E-state index in [0.29, 0.717) is 12.0 Å². The number of benzene rings is 3. The van der Waals surface area contributed by atoms with Crippen molar-refractivity contribution in [3.8, 4) is 5.75 Å². The van der Waals surface area contributed by atoms with E-state index in [-0.39, 0.29) is 11.7 Å². The molecule has 0 saturated carbocycles. The number of Topliss-reactive ketones (excluding diaryl/α,β-unsaturated/α-hetero) is 1. The van der Waals surface area contributed by atoms with E-state index in [4.69, 9.17) is 4.74 Å². The van der Waals surface area contributed by atoms with Gasteiger partial charge in [0.25, 0.3) is 0 Å². The second kappa shape index (κ2) is 8.33. The Balaban J connectivity index is 1.90. The number of halogens is 1. The average molecular weight is 409 g/mol. The van der Waals surface area contributed by atoms with E-state index >= 15 is 0 Å². The fourth-order valence-electron chi connectivity index (χ4n) is 3.00. The van der Waals surface area contributed by atoms with E-state index in [2.05, 4.69) is 59.3 Å². The Kier molecular flexibility index (Phi) is 5.89. The molecule has 0 spiro atoms. The third-order valence-electron chi connectivity index (χ3n) is 4.55. The van der Waals surface area contributed by atoms with Crippen molar-refractivity contribution in [2.24, 2.45) is 0 Å². The van der Waals surface area contributed by atoms with Gasteiger partial charge in [-0.1, -0.05) is 57.9 Å². The minimum Gasteiger partial charge on any atom is -0.497 e. The molecule has 3 rings (SSSR count). The van der Waals surface area contributed by atoms with E-state index in [1.807, 2.05) is 36.4 Å². The first-order valence-corrected chi connectivity index (χ1v) is 9.35. The Hall–Kier alpha value is -2.39. The summed E-state index contributed by atoms with van der Waals surface area (Å²) in [6, 6.07) is 23.9. The van der Waals surface area contributed by atoms with E-state index in [1.54, 1.807) is 7.11 Å². The number of hydrogen-bond donors (Lipinski definition) is 0. The lowest BCUT2D eigenvalue weighted by atomic mass is 9.85. The maximum absolute atomic E-state index is 12.9. The molecule has 1 atom stereocenters. The molecule has 0 aliphatic rings. The largest absolute Gasteiger partial charge is 0.497 e. The average Bonchev–Trinajstić information content (AvgIpc) is 2.67. The molecule has 0 bridgehead atoms. The van der Waals surface area contributed by atoms with Gasteiger partial charge in [0, 0.05) is 22.4 Å². The predicted molar refractivity (Wildman–Crippen MR) is 109 cm³/mol. The molecule has 1 unspecified atom stereocenters. The molecule has 0 radical (unpaired) electrons. The topological polar surface area (TPSA) is 26.3 Å². The molecule has 0 heterocycles. The second-order valence-corrected chi connectivity index (χ2v) is 7.29. The minimum atomic E-state index is 0.0262. The van der Waals surface area contributed by atoms with Crippen molar-refractivity contribution in [3.63, 3.8) is 0 Å². The number of carbonyl (C=O) groups is 1. The normalized spacial score (nSPS) is 11.8. The van der Waals surface area contributed by atoms with Crippen LogP contribution in [-0.2, 0) is 0 Å². The molecule has 3 aromatic rings. The van der Waals surface area contributed by atoms with Crippen molar-refractivity contribution in [1.29, 1.82) is 0 Å². The van der Waals surface area contributed by atoms with Gasteiger partial charge in [-0.25, -0.2) is 0 Å². The molecule has 0 fully saturated rings. The fourth-order valence-corrected chi connectivity index (χ4v) is 3.27. The van der Waals surface area contributed by atoms with Gasteiger partial charge in [0.2, 0.25) is 0 Å². The van der Waals surface area contributed by atoms with Gasteiger partial charge >= 0.3 is 0 Å². The Morgan fingerprint density at radius 3 is 1.96 bits per heavy atom. The number of methoxy groups -OCH3 is 1. The maximum Gasteiger partial charge on any atom is 0.163 e. The van der Waals surface area contributed by atoms with Gasteiger partial charge in [-0.2, -0.15) is 0 Å². The van der Waals surface area contributed by atoms with Crippen LogP contribution in [0.4, 0.5) is 0 Å². The van der Waals surface area contributed by atoms with Gasteiger partial charge in [0.05, 0.1) is 7.11 Å². The molecule has 0 N–H and O–H groups in total. The summed E-state index contributed by atoms with van der Waals surface area (Å²) in [6.07, 6.45) is 0.428. The van der Waals surface area contributed by atoms with Gasteiger partial charge in [0.1, 0.15) is 5.75 Å². The van der Waals surface area contributed by atoms with Crippen LogP contribution in [0.25, 0.3) is 0 Å². The summed E-state index contributed by atoms with van der Waals surface area (Å²) in [5, 5.41) is 0. The first-order chi connectivity index (χ1) is 12.6. The van der Waals surface area contributed by atoms with Gasteiger partial charge in [-0.3, -0.25) is 4.79 Å². The van der Waals surface area contributed by atoms with Crippen LogP contribution in [0, 0.1) is 6.92 Å². The highest BCUT2D eigenvalue weighted by Crippen LogP contribution is 2.31. The van der Waals surface area contributed by atoms with Crippen LogP contribution in [0.2, 0.25) is 0 Å². The van der Waals surface area contributed by atoms with Gasteiger partial charge in [0.15, 0.2) is 5.78 Å². The Bertz CT molecular complexity index is 820. The summed E-state index contributed by atoms with van der Waals surface area (Å²) in [4.78, 5) is 12.9. The zero-order chi connectivity index (χ0) is 18.5.